The van der Waals surface area contributed by atoms with E-state index in [4.69, 9.17) is 5.73 Å². The summed E-state index contributed by atoms with van der Waals surface area (Å²) in [6.45, 7) is 5.13. The maximum atomic E-state index is 13.6. The lowest BCUT2D eigenvalue weighted by atomic mass is 9.96. The molecule has 1 heterocycles. The van der Waals surface area contributed by atoms with Gasteiger partial charge in [0.25, 0.3) is 0 Å². The molecule has 4 nitrogen and oxygen atoms in total. The fourth-order valence-electron chi connectivity index (χ4n) is 2.75. The standard InChI is InChI=1S/C16H24FN3O/c1-12-4-5-13(9-15(12)17)10-20-8-2-3-14(11-20)16(21)19-7-6-18/h4-5,9,14H,2-3,6-8,10-11,18H2,1H3,(H,19,21). The van der Waals surface area contributed by atoms with Gasteiger partial charge in [-0.1, -0.05) is 12.1 Å². The van der Waals surface area contributed by atoms with Crippen LogP contribution in [0.5, 0.6) is 0 Å². The summed E-state index contributed by atoms with van der Waals surface area (Å²) in [7, 11) is 0. The number of nitrogens with two attached hydrogens (primary N) is 1. The molecule has 1 aliphatic heterocycles. The molecule has 3 N–H and O–H groups in total. The lowest BCUT2D eigenvalue weighted by Crippen LogP contribution is -2.43. The first-order valence-corrected chi connectivity index (χ1v) is 7.55. The van der Waals surface area contributed by atoms with Gasteiger partial charge in [-0.3, -0.25) is 9.69 Å². The Morgan fingerprint density at radius 2 is 2.33 bits per heavy atom. The predicted molar refractivity (Wildman–Crippen MR) is 81.2 cm³/mol. The molecule has 0 radical (unpaired) electrons. The molecule has 5 heteroatoms. The molecule has 116 valence electrons. The summed E-state index contributed by atoms with van der Waals surface area (Å²) in [6.07, 6.45) is 1.91. The highest BCUT2D eigenvalue weighted by Crippen LogP contribution is 2.19. The van der Waals surface area contributed by atoms with Crippen molar-refractivity contribution in [3.8, 4) is 0 Å². The van der Waals surface area contributed by atoms with Gasteiger partial charge in [-0.2, -0.15) is 0 Å². The first-order valence-electron chi connectivity index (χ1n) is 7.55. The van der Waals surface area contributed by atoms with Gasteiger partial charge in [-0.15, -0.1) is 0 Å². The van der Waals surface area contributed by atoms with Crippen molar-refractivity contribution in [1.82, 2.24) is 10.2 Å². The van der Waals surface area contributed by atoms with E-state index in [-0.39, 0.29) is 17.6 Å². The van der Waals surface area contributed by atoms with E-state index in [0.29, 0.717) is 25.2 Å². The number of hydrogen-bond acceptors (Lipinski definition) is 3. The lowest BCUT2D eigenvalue weighted by molar-refractivity contribution is -0.126. The maximum absolute atomic E-state index is 13.6. The normalized spacial score (nSPS) is 19.5. The third kappa shape index (κ3) is 4.51. The number of piperidine rings is 1. The summed E-state index contributed by atoms with van der Waals surface area (Å²) in [4.78, 5) is 14.2. The fourth-order valence-corrected chi connectivity index (χ4v) is 2.75. The van der Waals surface area contributed by atoms with Crippen LogP contribution in [0.25, 0.3) is 0 Å². The molecule has 1 saturated heterocycles. The molecule has 1 fully saturated rings. The summed E-state index contributed by atoms with van der Waals surface area (Å²) in [5, 5.41) is 2.85. The zero-order valence-electron chi connectivity index (χ0n) is 12.6. The molecule has 0 aliphatic carbocycles. The smallest absolute Gasteiger partial charge is 0.224 e. The molecule has 21 heavy (non-hydrogen) atoms. The SMILES string of the molecule is Cc1ccc(CN2CCCC(C(=O)NCCN)C2)cc1F. The molecule has 0 spiro atoms. The van der Waals surface area contributed by atoms with Crippen molar-refractivity contribution in [3.05, 3.63) is 35.1 Å². The van der Waals surface area contributed by atoms with Crippen LogP contribution in [-0.4, -0.2) is 37.0 Å². The zero-order valence-corrected chi connectivity index (χ0v) is 12.6. The predicted octanol–water partition coefficient (Wildman–Crippen LogP) is 1.42. The Bertz CT molecular complexity index is 492. The van der Waals surface area contributed by atoms with Gasteiger partial charge in [0.1, 0.15) is 5.82 Å². The molecule has 1 aromatic carbocycles. The van der Waals surface area contributed by atoms with E-state index in [1.165, 1.54) is 0 Å². The molecule has 1 unspecified atom stereocenters. The average molecular weight is 293 g/mol. The number of aryl methyl sites for hydroxylation is 1. The van der Waals surface area contributed by atoms with Crippen molar-refractivity contribution in [2.75, 3.05) is 26.2 Å². The molecule has 1 aromatic rings. The van der Waals surface area contributed by atoms with E-state index >= 15 is 0 Å². The number of carbonyl (C=O) groups is 1. The van der Waals surface area contributed by atoms with Gasteiger partial charge in [0.2, 0.25) is 5.91 Å². The third-order valence-corrected chi connectivity index (χ3v) is 3.96. The van der Waals surface area contributed by atoms with Crippen LogP contribution >= 0.6 is 0 Å². The summed E-state index contributed by atoms with van der Waals surface area (Å²) < 4.78 is 13.6. The van der Waals surface area contributed by atoms with Gasteiger partial charge in [0, 0.05) is 26.2 Å². The number of rotatable bonds is 5. The van der Waals surface area contributed by atoms with Gasteiger partial charge in [-0.05, 0) is 43.5 Å². The number of carbonyl (C=O) groups excluding carboxylic acids is 1. The van der Waals surface area contributed by atoms with Gasteiger partial charge in [0.05, 0.1) is 5.92 Å². The Morgan fingerprint density at radius 3 is 3.05 bits per heavy atom. The summed E-state index contributed by atoms with van der Waals surface area (Å²) in [5.74, 6) is -0.0671. The zero-order chi connectivity index (χ0) is 15.2. The van der Waals surface area contributed by atoms with Crippen molar-refractivity contribution >= 4 is 5.91 Å². The van der Waals surface area contributed by atoms with Crippen LogP contribution in [0.3, 0.4) is 0 Å². The largest absolute Gasteiger partial charge is 0.355 e. The van der Waals surface area contributed by atoms with Crippen molar-refractivity contribution in [2.45, 2.75) is 26.3 Å². The molecule has 1 aliphatic rings. The van der Waals surface area contributed by atoms with Crippen molar-refractivity contribution in [3.63, 3.8) is 0 Å². The van der Waals surface area contributed by atoms with Crippen LogP contribution in [-0.2, 0) is 11.3 Å². The molecule has 0 saturated carbocycles. The number of nitrogens with zero attached hydrogens (tertiary/aromatic N) is 1. The summed E-state index contributed by atoms with van der Waals surface area (Å²) in [5.41, 5.74) is 7.02. The second-order valence-corrected chi connectivity index (χ2v) is 5.74. The van der Waals surface area contributed by atoms with Gasteiger partial charge >= 0.3 is 0 Å². The van der Waals surface area contributed by atoms with Gasteiger partial charge in [0.15, 0.2) is 0 Å². The number of hydrogen-bond donors (Lipinski definition) is 2. The Hall–Kier alpha value is -1.46. The van der Waals surface area contributed by atoms with E-state index in [2.05, 4.69) is 10.2 Å². The second kappa shape index (κ2) is 7.52. The third-order valence-electron chi connectivity index (χ3n) is 3.96. The number of halogens is 1. The van der Waals surface area contributed by atoms with Gasteiger partial charge in [-0.25, -0.2) is 4.39 Å². The van der Waals surface area contributed by atoms with Crippen LogP contribution in [0.15, 0.2) is 18.2 Å². The molecule has 1 amide bonds. The van der Waals surface area contributed by atoms with Crippen LogP contribution in [0, 0.1) is 18.7 Å². The Labute approximate surface area is 125 Å². The molecular formula is C16H24FN3O. The Kier molecular flexibility index (Phi) is 5.70. The van der Waals surface area contributed by atoms with Crippen molar-refractivity contribution in [1.29, 1.82) is 0 Å². The minimum absolute atomic E-state index is 0.0144. The molecule has 2 rings (SSSR count). The highest BCUT2D eigenvalue weighted by Gasteiger charge is 2.25. The maximum Gasteiger partial charge on any atom is 0.224 e. The van der Waals surface area contributed by atoms with Gasteiger partial charge < -0.3 is 11.1 Å². The van der Waals surface area contributed by atoms with Crippen molar-refractivity contribution < 1.29 is 9.18 Å². The van der Waals surface area contributed by atoms with Crippen LogP contribution in [0.1, 0.15) is 24.0 Å². The minimum Gasteiger partial charge on any atom is -0.355 e. The minimum atomic E-state index is -0.165. The number of amides is 1. The van der Waals surface area contributed by atoms with Crippen LogP contribution < -0.4 is 11.1 Å². The molecule has 0 aromatic heterocycles. The highest BCUT2D eigenvalue weighted by atomic mass is 19.1. The van der Waals surface area contributed by atoms with E-state index in [1.54, 1.807) is 19.1 Å². The van der Waals surface area contributed by atoms with Crippen LogP contribution in [0.2, 0.25) is 0 Å². The number of nitrogens with one attached hydrogen (secondary N) is 1. The average Bonchev–Trinajstić information content (AvgIpc) is 2.49. The van der Waals surface area contributed by atoms with Crippen LogP contribution in [0.4, 0.5) is 4.39 Å². The topological polar surface area (TPSA) is 58.4 Å². The molecular weight excluding hydrogens is 269 g/mol. The number of likely N-dealkylation sites (tertiary alicyclic amines) is 1. The Balaban J connectivity index is 1.91. The van der Waals surface area contributed by atoms with E-state index in [1.807, 2.05) is 6.07 Å². The quantitative estimate of drug-likeness (QED) is 0.863. The van der Waals surface area contributed by atoms with E-state index in [0.717, 1.165) is 31.5 Å². The highest BCUT2D eigenvalue weighted by molar-refractivity contribution is 5.78. The first kappa shape index (κ1) is 15.9. The number of benzene rings is 1. The summed E-state index contributed by atoms with van der Waals surface area (Å²) in [6, 6.07) is 5.35. The summed E-state index contributed by atoms with van der Waals surface area (Å²) >= 11 is 0. The van der Waals surface area contributed by atoms with Crippen molar-refractivity contribution in [2.24, 2.45) is 11.7 Å². The lowest BCUT2D eigenvalue weighted by Gasteiger charge is -2.32. The first-order chi connectivity index (χ1) is 10.1. The van der Waals surface area contributed by atoms with E-state index in [9.17, 15) is 9.18 Å². The monoisotopic (exact) mass is 293 g/mol. The second-order valence-electron chi connectivity index (χ2n) is 5.74. The Morgan fingerprint density at radius 1 is 1.52 bits per heavy atom. The molecule has 0 bridgehead atoms. The van der Waals surface area contributed by atoms with E-state index < -0.39 is 0 Å². The fraction of sp³-hybridized carbons (Fsp3) is 0.562. The molecule has 1 atom stereocenters.